The molecule has 1 aliphatic rings. The second-order valence-corrected chi connectivity index (χ2v) is 11.5. The van der Waals surface area contributed by atoms with Crippen molar-refractivity contribution >= 4 is 33.6 Å². The first-order chi connectivity index (χ1) is 18.3. The van der Waals surface area contributed by atoms with E-state index in [1.807, 2.05) is 56.0 Å². The van der Waals surface area contributed by atoms with Crippen LogP contribution in [0.1, 0.15) is 62.8 Å². The average Bonchev–Trinajstić information content (AvgIpc) is 3.35. The summed E-state index contributed by atoms with van der Waals surface area (Å²) >= 11 is 3.51. The molecule has 1 N–H and O–H groups in total. The Balaban J connectivity index is 1.50. The van der Waals surface area contributed by atoms with Gasteiger partial charge < -0.3 is 19.7 Å². The number of carbonyl (C=O) groups is 2. The van der Waals surface area contributed by atoms with E-state index < -0.39 is 0 Å². The minimum absolute atomic E-state index is 0.000970. The standard InChI is InChI=1S/C31H39BrN4O2/c1-23(2)35(31(38)33-27-17-11-24(3)12-18-27)22-30(37)36(28-8-5-4-6-9-28)21-29-10-7-19-34(29)20-25-13-15-26(32)16-14-25/h7,10-19,23,28H,4-6,8-9,20-22H2,1-3H3,(H,33,38). The normalized spacial score (nSPS) is 13.9. The molecular formula is C31H39BrN4O2. The second kappa shape index (κ2) is 13.1. The number of urea groups is 1. The van der Waals surface area contributed by atoms with E-state index in [0.29, 0.717) is 6.54 Å². The average molecular weight is 580 g/mol. The van der Waals surface area contributed by atoms with Crippen molar-refractivity contribution in [1.29, 1.82) is 0 Å². The summed E-state index contributed by atoms with van der Waals surface area (Å²) in [4.78, 5) is 30.8. The summed E-state index contributed by atoms with van der Waals surface area (Å²) in [6.07, 6.45) is 7.59. The first-order valence-corrected chi connectivity index (χ1v) is 14.4. The van der Waals surface area contributed by atoms with Crippen LogP contribution in [0, 0.1) is 6.92 Å². The molecule has 2 aromatic carbocycles. The van der Waals surface area contributed by atoms with Gasteiger partial charge in [-0.25, -0.2) is 4.79 Å². The number of anilines is 1. The van der Waals surface area contributed by atoms with Crippen LogP contribution in [0.5, 0.6) is 0 Å². The lowest BCUT2D eigenvalue weighted by atomic mass is 9.94. The largest absolute Gasteiger partial charge is 0.345 e. The van der Waals surface area contributed by atoms with Gasteiger partial charge in [-0.1, -0.05) is 65.0 Å². The molecule has 1 aliphatic carbocycles. The van der Waals surface area contributed by atoms with Gasteiger partial charge in [0.2, 0.25) is 5.91 Å². The number of halogens is 1. The third-order valence-corrected chi connectivity index (χ3v) is 7.88. The molecule has 0 radical (unpaired) electrons. The molecule has 4 rings (SSSR count). The highest BCUT2D eigenvalue weighted by Gasteiger charge is 2.29. The third kappa shape index (κ3) is 7.50. The molecule has 0 saturated heterocycles. The minimum Gasteiger partial charge on any atom is -0.345 e. The first-order valence-electron chi connectivity index (χ1n) is 13.6. The van der Waals surface area contributed by atoms with E-state index >= 15 is 0 Å². The predicted molar refractivity (Wildman–Crippen MR) is 157 cm³/mol. The number of carbonyl (C=O) groups excluding carboxylic acids is 2. The molecule has 7 heteroatoms. The van der Waals surface area contributed by atoms with E-state index in [-0.39, 0.29) is 30.6 Å². The minimum atomic E-state index is -0.251. The summed E-state index contributed by atoms with van der Waals surface area (Å²) in [6, 6.07) is 20.0. The van der Waals surface area contributed by atoms with Gasteiger partial charge in [0.1, 0.15) is 6.54 Å². The number of nitrogens with one attached hydrogen (secondary N) is 1. The zero-order chi connectivity index (χ0) is 27.1. The van der Waals surface area contributed by atoms with Crippen LogP contribution in [0.15, 0.2) is 71.3 Å². The Morgan fingerprint density at radius 2 is 1.68 bits per heavy atom. The summed E-state index contributed by atoms with van der Waals surface area (Å²) in [5, 5.41) is 2.97. The van der Waals surface area contributed by atoms with E-state index in [1.165, 1.54) is 12.0 Å². The number of benzene rings is 2. The SMILES string of the molecule is Cc1ccc(NC(=O)N(CC(=O)N(Cc2cccn2Cc2ccc(Br)cc2)C2CCCCC2)C(C)C)cc1. The van der Waals surface area contributed by atoms with Gasteiger partial charge in [-0.05, 0) is 75.6 Å². The Morgan fingerprint density at radius 3 is 2.34 bits per heavy atom. The van der Waals surface area contributed by atoms with Gasteiger partial charge in [0.25, 0.3) is 0 Å². The number of amides is 3. The monoisotopic (exact) mass is 578 g/mol. The van der Waals surface area contributed by atoms with Crippen molar-refractivity contribution in [2.24, 2.45) is 0 Å². The number of nitrogens with zero attached hydrogens (tertiary/aromatic N) is 3. The molecule has 0 bridgehead atoms. The van der Waals surface area contributed by atoms with Crippen molar-refractivity contribution in [2.75, 3.05) is 11.9 Å². The Kier molecular flexibility index (Phi) is 9.67. The lowest BCUT2D eigenvalue weighted by molar-refractivity contribution is -0.136. The van der Waals surface area contributed by atoms with Crippen molar-refractivity contribution in [1.82, 2.24) is 14.4 Å². The summed E-state index contributed by atoms with van der Waals surface area (Å²) in [6.45, 7) is 7.27. The van der Waals surface area contributed by atoms with Gasteiger partial charge in [-0.2, -0.15) is 0 Å². The Bertz CT molecular complexity index is 1200. The third-order valence-electron chi connectivity index (χ3n) is 7.35. The summed E-state index contributed by atoms with van der Waals surface area (Å²) < 4.78 is 3.28. The van der Waals surface area contributed by atoms with E-state index in [1.54, 1.807) is 4.90 Å². The topological polar surface area (TPSA) is 57.6 Å². The molecule has 6 nitrogen and oxygen atoms in total. The molecule has 3 amide bonds. The molecular weight excluding hydrogens is 540 g/mol. The maximum atomic E-state index is 13.9. The van der Waals surface area contributed by atoms with Crippen LogP contribution < -0.4 is 5.32 Å². The van der Waals surface area contributed by atoms with Gasteiger partial charge in [-0.15, -0.1) is 0 Å². The summed E-state index contributed by atoms with van der Waals surface area (Å²) in [5.74, 6) is 0.000970. The number of aromatic nitrogens is 1. The molecule has 0 aliphatic heterocycles. The predicted octanol–water partition coefficient (Wildman–Crippen LogP) is 7.21. The Morgan fingerprint density at radius 1 is 1.00 bits per heavy atom. The molecule has 3 aromatic rings. The van der Waals surface area contributed by atoms with Crippen LogP contribution in [0.3, 0.4) is 0 Å². The van der Waals surface area contributed by atoms with E-state index in [2.05, 4.69) is 62.3 Å². The van der Waals surface area contributed by atoms with Gasteiger partial charge in [0, 0.05) is 40.7 Å². The smallest absolute Gasteiger partial charge is 0.322 e. The van der Waals surface area contributed by atoms with E-state index in [9.17, 15) is 9.59 Å². The Labute approximate surface area is 235 Å². The van der Waals surface area contributed by atoms with Gasteiger partial charge in [0.15, 0.2) is 0 Å². The highest BCUT2D eigenvalue weighted by molar-refractivity contribution is 9.10. The zero-order valence-corrected chi connectivity index (χ0v) is 24.3. The Hall–Kier alpha value is -3.06. The fraction of sp³-hybridized carbons (Fsp3) is 0.419. The lowest BCUT2D eigenvalue weighted by Gasteiger charge is -2.37. The molecule has 0 atom stereocenters. The van der Waals surface area contributed by atoms with Crippen LogP contribution in [0.2, 0.25) is 0 Å². The quantitative estimate of drug-likeness (QED) is 0.291. The van der Waals surface area contributed by atoms with Crippen LogP contribution in [-0.4, -0.2) is 44.9 Å². The highest BCUT2D eigenvalue weighted by atomic mass is 79.9. The van der Waals surface area contributed by atoms with Crippen molar-refractivity contribution in [2.45, 2.75) is 78.0 Å². The van der Waals surface area contributed by atoms with Gasteiger partial charge in [-0.3, -0.25) is 4.79 Å². The maximum Gasteiger partial charge on any atom is 0.322 e. The molecule has 0 spiro atoms. The molecule has 202 valence electrons. The number of rotatable bonds is 9. The van der Waals surface area contributed by atoms with Crippen LogP contribution in [-0.2, 0) is 17.9 Å². The fourth-order valence-corrected chi connectivity index (χ4v) is 5.34. The maximum absolute atomic E-state index is 13.9. The van der Waals surface area contributed by atoms with Gasteiger partial charge >= 0.3 is 6.03 Å². The zero-order valence-electron chi connectivity index (χ0n) is 22.7. The van der Waals surface area contributed by atoms with Crippen molar-refractivity contribution in [3.05, 3.63) is 88.2 Å². The summed E-state index contributed by atoms with van der Waals surface area (Å²) in [5.41, 5.74) is 4.17. The highest BCUT2D eigenvalue weighted by Crippen LogP contribution is 2.25. The number of aryl methyl sites for hydroxylation is 1. The fourth-order valence-electron chi connectivity index (χ4n) is 5.08. The molecule has 1 aromatic heterocycles. The van der Waals surface area contributed by atoms with Crippen LogP contribution in [0.25, 0.3) is 0 Å². The van der Waals surface area contributed by atoms with Crippen molar-refractivity contribution in [3.8, 4) is 0 Å². The van der Waals surface area contributed by atoms with Gasteiger partial charge in [0.05, 0.1) is 6.54 Å². The van der Waals surface area contributed by atoms with E-state index in [4.69, 9.17) is 0 Å². The van der Waals surface area contributed by atoms with Crippen LogP contribution >= 0.6 is 15.9 Å². The van der Waals surface area contributed by atoms with Crippen molar-refractivity contribution in [3.63, 3.8) is 0 Å². The van der Waals surface area contributed by atoms with Crippen molar-refractivity contribution < 1.29 is 9.59 Å². The second-order valence-electron chi connectivity index (χ2n) is 10.6. The lowest BCUT2D eigenvalue weighted by Crippen LogP contribution is -2.50. The number of hydrogen-bond acceptors (Lipinski definition) is 2. The number of hydrogen-bond donors (Lipinski definition) is 1. The molecule has 0 unspecified atom stereocenters. The molecule has 1 fully saturated rings. The molecule has 1 heterocycles. The molecule has 1 saturated carbocycles. The van der Waals surface area contributed by atoms with E-state index in [0.717, 1.165) is 53.6 Å². The first kappa shape index (κ1) is 28.0. The van der Waals surface area contributed by atoms with Crippen LogP contribution in [0.4, 0.5) is 10.5 Å². The molecule has 38 heavy (non-hydrogen) atoms. The summed E-state index contributed by atoms with van der Waals surface area (Å²) in [7, 11) is 0.